The van der Waals surface area contributed by atoms with Gasteiger partial charge in [-0.2, -0.15) is 0 Å². The van der Waals surface area contributed by atoms with E-state index in [9.17, 15) is 0 Å². The predicted octanol–water partition coefficient (Wildman–Crippen LogP) is 4.54. The van der Waals surface area contributed by atoms with Crippen LogP contribution in [0.2, 0.25) is 0 Å². The first-order chi connectivity index (χ1) is 9.17. The molecular weight excluding hydrogens is 302 g/mol. The molecule has 1 aliphatic carbocycles. The maximum atomic E-state index is 5.71. The minimum Gasteiger partial charge on any atom is -0.492 e. The van der Waals surface area contributed by atoms with Gasteiger partial charge in [0.2, 0.25) is 0 Å². The monoisotopic (exact) mass is 325 g/mol. The molecule has 1 fully saturated rings. The van der Waals surface area contributed by atoms with Crippen LogP contribution in [0.3, 0.4) is 0 Å². The molecule has 1 aromatic rings. The van der Waals surface area contributed by atoms with E-state index in [2.05, 4.69) is 60.3 Å². The highest BCUT2D eigenvalue weighted by atomic mass is 79.9. The normalized spacial score (nSPS) is 18.1. The van der Waals surface area contributed by atoms with Gasteiger partial charge < -0.3 is 10.1 Å². The van der Waals surface area contributed by atoms with Crippen LogP contribution in [0.4, 0.5) is 0 Å². The zero-order chi connectivity index (χ0) is 13.8. The van der Waals surface area contributed by atoms with Crippen molar-refractivity contribution in [2.45, 2.75) is 39.2 Å². The van der Waals surface area contributed by atoms with Gasteiger partial charge in [-0.3, -0.25) is 0 Å². The fraction of sp³-hybridized carbons (Fsp3) is 0.625. The number of halogens is 1. The number of ether oxygens (including phenoxy) is 1. The van der Waals surface area contributed by atoms with Crippen LogP contribution in [0.5, 0.6) is 5.75 Å². The van der Waals surface area contributed by atoms with E-state index in [4.69, 9.17) is 4.74 Å². The van der Waals surface area contributed by atoms with Crippen LogP contribution < -0.4 is 10.1 Å². The summed E-state index contributed by atoms with van der Waals surface area (Å²) >= 11 is 3.62. The zero-order valence-corrected chi connectivity index (χ0v) is 13.7. The van der Waals surface area contributed by atoms with Gasteiger partial charge in [0.15, 0.2) is 0 Å². The van der Waals surface area contributed by atoms with E-state index in [1.54, 1.807) is 0 Å². The molecule has 0 bridgehead atoms. The van der Waals surface area contributed by atoms with Crippen LogP contribution in [-0.2, 0) is 0 Å². The standard InChI is InChI=1S/C16H24BrNO/c1-4-9-19-15-8-7-13(10-14(15)17)16(18-3)11(2)12-5-6-12/h7-8,10-12,16,18H,4-6,9H2,1-3H3. The molecular formula is C16H24BrNO. The van der Waals surface area contributed by atoms with E-state index in [1.807, 2.05) is 0 Å². The van der Waals surface area contributed by atoms with Crippen molar-refractivity contribution in [3.63, 3.8) is 0 Å². The SMILES string of the molecule is CCCOc1ccc(C(NC)C(C)C2CC2)cc1Br. The Kier molecular flexibility index (Phi) is 5.28. The number of benzene rings is 1. The van der Waals surface area contributed by atoms with Gasteiger partial charge in [0.05, 0.1) is 11.1 Å². The average molecular weight is 326 g/mol. The Bertz CT molecular complexity index is 417. The zero-order valence-electron chi connectivity index (χ0n) is 12.1. The molecule has 1 saturated carbocycles. The molecule has 1 aliphatic rings. The lowest BCUT2D eigenvalue weighted by molar-refractivity contribution is 0.314. The molecule has 0 aromatic heterocycles. The highest BCUT2D eigenvalue weighted by Gasteiger charge is 2.33. The van der Waals surface area contributed by atoms with Crippen molar-refractivity contribution in [1.29, 1.82) is 0 Å². The Morgan fingerprint density at radius 3 is 2.68 bits per heavy atom. The van der Waals surface area contributed by atoms with Crippen molar-refractivity contribution >= 4 is 15.9 Å². The number of hydrogen-bond acceptors (Lipinski definition) is 2. The second kappa shape index (κ2) is 6.76. The fourth-order valence-corrected chi connectivity index (χ4v) is 3.18. The first-order valence-corrected chi connectivity index (χ1v) is 8.06. The van der Waals surface area contributed by atoms with Crippen molar-refractivity contribution < 1.29 is 4.74 Å². The third kappa shape index (κ3) is 3.73. The average Bonchev–Trinajstić information content (AvgIpc) is 3.23. The Labute approximate surface area is 125 Å². The molecule has 2 rings (SSSR count). The molecule has 0 amide bonds. The van der Waals surface area contributed by atoms with Gasteiger partial charge in [0.1, 0.15) is 5.75 Å². The van der Waals surface area contributed by atoms with Crippen molar-refractivity contribution in [3.8, 4) is 5.75 Å². The summed E-state index contributed by atoms with van der Waals surface area (Å²) in [5.74, 6) is 2.53. The molecule has 2 unspecified atom stereocenters. The highest BCUT2D eigenvalue weighted by Crippen LogP contribution is 2.43. The van der Waals surface area contributed by atoms with E-state index in [0.717, 1.165) is 29.2 Å². The first kappa shape index (κ1) is 14.9. The lowest BCUT2D eigenvalue weighted by Gasteiger charge is -2.24. The minimum atomic E-state index is 0.434. The van der Waals surface area contributed by atoms with Crippen molar-refractivity contribution in [2.24, 2.45) is 11.8 Å². The Hall–Kier alpha value is -0.540. The Morgan fingerprint density at radius 1 is 1.42 bits per heavy atom. The molecule has 0 aliphatic heterocycles. The summed E-state index contributed by atoms with van der Waals surface area (Å²) in [6.07, 6.45) is 3.81. The van der Waals surface area contributed by atoms with Gasteiger partial charge in [0, 0.05) is 6.04 Å². The maximum Gasteiger partial charge on any atom is 0.133 e. The van der Waals surface area contributed by atoms with Crippen molar-refractivity contribution in [3.05, 3.63) is 28.2 Å². The Morgan fingerprint density at radius 2 is 2.16 bits per heavy atom. The van der Waals surface area contributed by atoms with E-state index in [-0.39, 0.29) is 0 Å². The van der Waals surface area contributed by atoms with E-state index in [0.29, 0.717) is 12.0 Å². The van der Waals surface area contributed by atoms with Crippen LogP contribution in [-0.4, -0.2) is 13.7 Å². The van der Waals surface area contributed by atoms with Gasteiger partial charge in [-0.25, -0.2) is 0 Å². The van der Waals surface area contributed by atoms with Crippen molar-refractivity contribution in [2.75, 3.05) is 13.7 Å². The topological polar surface area (TPSA) is 21.3 Å². The molecule has 19 heavy (non-hydrogen) atoms. The molecule has 3 heteroatoms. The fourth-order valence-electron chi connectivity index (χ4n) is 2.67. The molecule has 1 aromatic carbocycles. The number of rotatable bonds is 7. The maximum absolute atomic E-state index is 5.71. The van der Waals surface area contributed by atoms with E-state index >= 15 is 0 Å². The first-order valence-electron chi connectivity index (χ1n) is 7.26. The van der Waals surface area contributed by atoms with Gasteiger partial charge in [-0.1, -0.05) is 19.9 Å². The quantitative estimate of drug-likeness (QED) is 0.794. The summed E-state index contributed by atoms with van der Waals surface area (Å²) in [5, 5.41) is 3.47. The van der Waals surface area contributed by atoms with E-state index < -0.39 is 0 Å². The van der Waals surface area contributed by atoms with Gasteiger partial charge in [-0.05, 0) is 71.8 Å². The number of nitrogens with one attached hydrogen (secondary N) is 1. The molecule has 0 saturated heterocycles. The Balaban J connectivity index is 2.12. The molecule has 106 valence electrons. The lowest BCUT2D eigenvalue weighted by Crippen LogP contribution is -2.24. The molecule has 0 spiro atoms. The molecule has 2 atom stereocenters. The third-order valence-corrected chi connectivity index (χ3v) is 4.60. The molecule has 0 radical (unpaired) electrons. The summed E-state index contributed by atoms with van der Waals surface area (Å²) in [6.45, 7) is 5.25. The molecule has 0 heterocycles. The number of hydrogen-bond donors (Lipinski definition) is 1. The smallest absolute Gasteiger partial charge is 0.133 e. The second-order valence-corrected chi connectivity index (χ2v) is 6.36. The van der Waals surface area contributed by atoms with Gasteiger partial charge in [-0.15, -0.1) is 0 Å². The summed E-state index contributed by atoms with van der Waals surface area (Å²) in [5.41, 5.74) is 1.35. The van der Waals surface area contributed by atoms with Gasteiger partial charge in [0.25, 0.3) is 0 Å². The van der Waals surface area contributed by atoms with E-state index in [1.165, 1.54) is 18.4 Å². The summed E-state index contributed by atoms with van der Waals surface area (Å²) in [7, 11) is 2.05. The predicted molar refractivity (Wildman–Crippen MR) is 83.6 cm³/mol. The summed E-state index contributed by atoms with van der Waals surface area (Å²) in [4.78, 5) is 0. The van der Waals surface area contributed by atoms with Crippen LogP contribution in [0.25, 0.3) is 0 Å². The third-order valence-electron chi connectivity index (χ3n) is 3.98. The summed E-state index contributed by atoms with van der Waals surface area (Å²) in [6, 6.07) is 6.91. The lowest BCUT2D eigenvalue weighted by atomic mass is 9.91. The molecule has 2 nitrogen and oxygen atoms in total. The second-order valence-electron chi connectivity index (χ2n) is 5.50. The minimum absolute atomic E-state index is 0.434. The highest BCUT2D eigenvalue weighted by molar-refractivity contribution is 9.10. The largest absolute Gasteiger partial charge is 0.492 e. The van der Waals surface area contributed by atoms with Crippen molar-refractivity contribution in [1.82, 2.24) is 5.32 Å². The van der Waals surface area contributed by atoms with Gasteiger partial charge >= 0.3 is 0 Å². The van der Waals surface area contributed by atoms with Crippen LogP contribution in [0, 0.1) is 11.8 Å². The molecule has 1 N–H and O–H groups in total. The van der Waals surface area contributed by atoms with Crippen LogP contribution in [0.1, 0.15) is 44.7 Å². The summed E-state index contributed by atoms with van der Waals surface area (Å²) < 4.78 is 6.76. The van der Waals surface area contributed by atoms with Crippen LogP contribution >= 0.6 is 15.9 Å². The van der Waals surface area contributed by atoms with Crippen LogP contribution in [0.15, 0.2) is 22.7 Å².